The number of para-hydroxylation sites is 1. The van der Waals surface area contributed by atoms with Gasteiger partial charge in [-0.1, -0.05) is 31.0 Å². The molecule has 2 rings (SSSR count). The lowest BCUT2D eigenvalue weighted by Crippen LogP contribution is -2.18. The van der Waals surface area contributed by atoms with E-state index in [1.165, 1.54) is 25.7 Å². The van der Waals surface area contributed by atoms with Gasteiger partial charge in [-0.05, 0) is 43.2 Å². The van der Waals surface area contributed by atoms with E-state index in [0.29, 0.717) is 11.7 Å². The van der Waals surface area contributed by atoms with Gasteiger partial charge < -0.3 is 10.2 Å². The van der Waals surface area contributed by atoms with Gasteiger partial charge in [0.25, 0.3) is 0 Å². The maximum atomic E-state index is 10.0. The van der Waals surface area contributed by atoms with Crippen molar-refractivity contribution in [2.24, 2.45) is 5.92 Å². The van der Waals surface area contributed by atoms with E-state index in [1.807, 2.05) is 18.2 Å². The molecule has 1 aliphatic rings. The number of aryl methyl sites for hydroxylation is 1. The highest BCUT2D eigenvalue weighted by Crippen LogP contribution is 2.30. The maximum absolute atomic E-state index is 10.0. The van der Waals surface area contributed by atoms with Crippen LogP contribution in [0.25, 0.3) is 0 Å². The lowest BCUT2D eigenvalue weighted by molar-refractivity contribution is 0.102. The van der Waals surface area contributed by atoms with Crippen LogP contribution in [0.4, 0.5) is 0 Å². The lowest BCUT2D eigenvalue weighted by Gasteiger charge is -2.17. The van der Waals surface area contributed by atoms with Crippen molar-refractivity contribution >= 4 is 0 Å². The van der Waals surface area contributed by atoms with Crippen LogP contribution in [0, 0.1) is 5.92 Å². The molecule has 0 aliphatic heterocycles. The molecule has 1 fully saturated rings. The van der Waals surface area contributed by atoms with E-state index in [1.54, 1.807) is 6.07 Å². The third-order valence-electron chi connectivity index (χ3n) is 3.65. The summed E-state index contributed by atoms with van der Waals surface area (Å²) >= 11 is 0. The number of aromatic hydroxyl groups is 1. The molecule has 1 saturated carbocycles. The average molecular weight is 220 g/mol. The number of hydrogen-bond acceptors (Lipinski definition) is 2. The number of phenolic OH excluding ortho intramolecular Hbond substituents is 1. The fourth-order valence-corrected chi connectivity index (χ4v) is 2.60. The molecule has 1 atom stereocenters. The Hall–Kier alpha value is -1.02. The predicted molar refractivity (Wildman–Crippen MR) is 64.4 cm³/mol. The highest BCUT2D eigenvalue weighted by Gasteiger charge is 2.22. The van der Waals surface area contributed by atoms with E-state index in [-0.39, 0.29) is 6.10 Å². The molecule has 1 unspecified atom stereocenters. The molecule has 1 aromatic rings. The third kappa shape index (κ3) is 2.76. The first-order chi connectivity index (χ1) is 7.77. The molecule has 2 heteroatoms. The number of aliphatic hydroxyl groups excluding tert-OH is 1. The lowest BCUT2D eigenvalue weighted by atomic mass is 9.95. The molecule has 2 nitrogen and oxygen atoms in total. The molecule has 0 aromatic heterocycles. The second-order valence-electron chi connectivity index (χ2n) is 4.78. The van der Waals surface area contributed by atoms with Crippen LogP contribution >= 0.6 is 0 Å². The molecule has 2 N–H and O–H groups in total. The monoisotopic (exact) mass is 220 g/mol. The fraction of sp³-hybridized carbons (Fsp3) is 0.571. The first-order valence-corrected chi connectivity index (χ1v) is 6.22. The predicted octanol–water partition coefficient (Wildman–Crippen LogP) is 2.88. The van der Waals surface area contributed by atoms with E-state index in [4.69, 9.17) is 0 Å². The maximum Gasteiger partial charge on any atom is 0.118 e. The Kier molecular flexibility index (Phi) is 3.83. The summed E-state index contributed by atoms with van der Waals surface area (Å²) in [5, 5.41) is 19.6. The summed E-state index contributed by atoms with van der Waals surface area (Å²) in [6.45, 7) is 0. The fourth-order valence-electron chi connectivity index (χ4n) is 2.60. The summed E-state index contributed by atoms with van der Waals surface area (Å²) in [4.78, 5) is 0. The Labute approximate surface area is 96.9 Å². The molecule has 1 aromatic carbocycles. The van der Waals surface area contributed by atoms with Crippen LogP contribution in [0.2, 0.25) is 0 Å². The van der Waals surface area contributed by atoms with Crippen LogP contribution in [0.15, 0.2) is 24.3 Å². The largest absolute Gasteiger partial charge is 0.508 e. The van der Waals surface area contributed by atoms with Gasteiger partial charge >= 0.3 is 0 Å². The van der Waals surface area contributed by atoms with Crippen molar-refractivity contribution in [2.45, 2.75) is 44.6 Å². The third-order valence-corrected chi connectivity index (χ3v) is 3.65. The smallest absolute Gasteiger partial charge is 0.118 e. The van der Waals surface area contributed by atoms with E-state index in [2.05, 4.69) is 0 Å². The molecule has 0 bridgehead atoms. The minimum absolute atomic E-state index is 0.192. The van der Waals surface area contributed by atoms with Crippen molar-refractivity contribution in [1.82, 2.24) is 0 Å². The topological polar surface area (TPSA) is 40.5 Å². The van der Waals surface area contributed by atoms with Gasteiger partial charge in [0.2, 0.25) is 0 Å². The van der Waals surface area contributed by atoms with E-state index >= 15 is 0 Å². The first-order valence-electron chi connectivity index (χ1n) is 6.22. The van der Waals surface area contributed by atoms with Crippen LogP contribution in [0.3, 0.4) is 0 Å². The quantitative estimate of drug-likeness (QED) is 0.819. The second-order valence-corrected chi connectivity index (χ2v) is 4.78. The first kappa shape index (κ1) is 11.5. The van der Waals surface area contributed by atoms with Crippen molar-refractivity contribution < 1.29 is 10.2 Å². The summed E-state index contributed by atoms with van der Waals surface area (Å²) in [6.07, 6.45) is 6.20. The molecular weight excluding hydrogens is 200 g/mol. The van der Waals surface area contributed by atoms with Crippen LogP contribution in [-0.2, 0) is 6.42 Å². The summed E-state index contributed by atoms with van der Waals surface area (Å²) in [5.41, 5.74) is 0.944. The molecule has 88 valence electrons. The highest BCUT2D eigenvalue weighted by atomic mass is 16.3. The molecular formula is C14H20O2. The van der Waals surface area contributed by atoms with Crippen LogP contribution in [-0.4, -0.2) is 16.3 Å². The van der Waals surface area contributed by atoms with Gasteiger partial charge in [-0.3, -0.25) is 0 Å². The Balaban J connectivity index is 1.84. The van der Waals surface area contributed by atoms with E-state index in [9.17, 15) is 10.2 Å². The molecule has 0 saturated heterocycles. The van der Waals surface area contributed by atoms with Gasteiger partial charge in [0.1, 0.15) is 5.75 Å². The van der Waals surface area contributed by atoms with Crippen molar-refractivity contribution in [3.05, 3.63) is 29.8 Å². The molecule has 16 heavy (non-hydrogen) atoms. The van der Waals surface area contributed by atoms with Gasteiger partial charge in [-0.25, -0.2) is 0 Å². The molecule has 0 radical (unpaired) electrons. The van der Waals surface area contributed by atoms with Crippen molar-refractivity contribution in [3.8, 4) is 5.75 Å². The zero-order valence-corrected chi connectivity index (χ0v) is 9.60. The summed E-state index contributed by atoms with van der Waals surface area (Å²) in [6, 6.07) is 7.39. The van der Waals surface area contributed by atoms with E-state index < -0.39 is 0 Å². The zero-order valence-electron chi connectivity index (χ0n) is 9.60. The van der Waals surface area contributed by atoms with Gasteiger partial charge in [-0.2, -0.15) is 0 Å². The number of benzene rings is 1. The van der Waals surface area contributed by atoms with Crippen LogP contribution in [0.1, 0.15) is 37.7 Å². The SMILES string of the molecule is Oc1ccccc1CCC(O)C1CCCC1. The zero-order chi connectivity index (χ0) is 11.4. The van der Waals surface area contributed by atoms with Crippen molar-refractivity contribution in [2.75, 3.05) is 0 Å². The number of rotatable bonds is 4. The normalized spacial score (nSPS) is 18.8. The summed E-state index contributed by atoms with van der Waals surface area (Å²) < 4.78 is 0. The van der Waals surface area contributed by atoms with Gasteiger partial charge in [-0.15, -0.1) is 0 Å². The standard InChI is InChI=1S/C14H20O2/c15-13-8-4-3-7-12(13)9-10-14(16)11-5-1-2-6-11/h3-4,7-8,11,14-16H,1-2,5-6,9-10H2. The van der Waals surface area contributed by atoms with Gasteiger partial charge in [0.15, 0.2) is 0 Å². The van der Waals surface area contributed by atoms with Crippen molar-refractivity contribution in [3.63, 3.8) is 0 Å². The average Bonchev–Trinajstić information content (AvgIpc) is 2.81. The number of hydrogen-bond donors (Lipinski definition) is 2. The van der Waals surface area contributed by atoms with Gasteiger partial charge in [0.05, 0.1) is 6.10 Å². The van der Waals surface area contributed by atoms with Gasteiger partial charge in [0, 0.05) is 0 Å². The highest BCUT2D eigenvalue weighted by molar-refractivity contribution is 5.31. The Bertz CT molecular complexity index is 329. The summed E-state index contributed by atoms with van der Waals surface area (Å²) in [5.74, 6) is 0.840. The van der Waals surface area contributed by atoms with Crippen LogP contribution in [0.5, 0.6) is 5.75 Å². The molecule has 1 aliphatic carbocycles. The Morgan fingerprint density at radius 2 is 1.88 bits per heavy atom. The van der Waals surface area contributed by atoms with E-state index in [0.717, 1.165) is 18.4 Å². The summed E-state index contributed by atoms with van der Waals surface area (Å²) in [7, 11) is 0. The van der Waals surface area contributed by atoms with Crippen LogP contribution < -0.4 is 0 Å². The minimum Gasteiger partial charge on any atom is -0.508 e. The van der Waals surface area contributed by atoms with Crippen molar-refractivity contribution in [1.29, 1.82) is 0 Å². The Morgan fingerprint density at radius 1 is 1.19 bits per heavy atom. The number of phenols is 1. The molecule has 0 amide bonds. The molecule has 0 heterocycles. The number of aliphatic hydroxyl groups is 1. The Morgan fingerprint density at radius 3 is 2.56 bits per heavy atom. The second kappa shape index (κ2) is 5.35. The molecule has 0 spiro atoms. The minimum atomic E-state index is -0.192.